The number of halogens is 1. The van der Waals surface area contributed by atoms with Gasteiger partial charge in [-0.2, -0.15) is 10.2 Å². The number of nitrogens with one attached hydrogen (secondary N) is 1. The summed E-state index contributed by atoms with van der Waals surface area (Å²) in [6.45, 7) is 2.20. The van der Waals surface area contributed by atoms with E-state index < -0.39 is 17.8 Å². The topological polar surface area (TPSA) is 123 Å². The van der Waals surface area contributed by atoms with Gasteiger partial charge in [0.25, 0.3) is 5.89 Å². The third-order valence-electron chi connectivity index (χ3n) is 5.79. The van der Waals surface area contributed by atoms with Crippen molar-refractivity contribution in [2.45, 2.75) is 19.4 Å². The Kier molecular flexibility index (Phi) is 4.15. The smallest absolute Gasteiger partial charge is 0.312 e. The van der Waals surface area contributed by atoms with E-state index in [1.165, 1.54) is 10.6 Å². The van der Waals surface area contributed by atoms with Crippen LogP contribution < -0.4 is 0 Å². The van der Waals surface area contributed by atoms with Crippen LogP contribution in [0.2, 0.25) is 0 Å². The van der Waals surface area contributed by atoms with Crippen LogP contribution in [0.4, 0.5) is 4.39 Å². The summed E-state index contributed by atoms with van der Waals surface area (Å²) in [5, 5.41) is 16.8. The number of carbonyl (C=O) groups excluding carboxylic acids is 1. The second-order valence-corrected chi connectivity index (χ2v) is 7.89. The third kappa shape index (κ3) is 3.02. The first-order chi connectivity index (χ1) is 16.0. The van der Waals surface area contributed by atoms with Crippen LogP contribution in [0.15, 0.2) is 41.3 Å². The molecule has 1 amide bonds. The Bertz CT molecular complexity index is 1510. The molecule has 5 aromatic rings. The summed E-state index contributed by atoms with van der Waals surface area (Å²) in [5.41, 5.74) is 3.73. The van der Waals surface area contributed by atoms with E-state index >= 15 is 0 Å². The van der Waals surface area contributed by atoms with E-state index in [4.69, 9.17) is 4.42 Å². The predicted molar refractivity (Wildman–Crippen MR) is 112 cm³/mol. The largest absolute Gasteiger partial charge is 0.412 e. The van der Waals surface area contributed by atoms with E-state index in [-0.39, 0.29) is 11.8 Å². The molecule has 0 saturated heterocycles. The molecule has 6 heterocycles. The van der Waals surface area contributed by atoms with Crippen molar-refractivity contribution in [1.82, 2.24) is 44.5 Å². The van der Waals surface area contributed by atoms with Crippen molar-refractivity contribution in [2.24, 2.45) is 7.05 Å². The van der Waals surface area contributed by atoms with Gasteiger partial charge in [-0.3, -0.25) is 9.48 Å². The van der Waals surface area contributed by atoms with Gasteiger partial charge in [-0.15, -0.1) is 10.2 Å². The minimum atomic E-state index is -0.637. The minimum absolute atomic E-state index is 0.146. The van der Waals surface area contributed by atoms with E-state index in [1.807, 2.05) is 6.92 Å². The Balaban J connectivity index is 1.41. The van der Waals surface area contributed by atoms with E-state index in [9.17, 15) is 9.18 Å². The molecule has 1 atom stereocenters. The van der Waals surface area contributed by atoms with E-state index in [2.05, 4.69) is 30.4 Å². The van der Waals surface area contributed by atoms with Crippen molar-refractivity contribution in [3.63, 3.8) is 0 Å². The number of aromatic nitrogens is 8. The molecule has 0 fully saturated rings. The van der Waals surface area contributed by atoms with Crippen LogP contribution in [0.1, 0.15) is 39.5 Å². The minimum Gasteiger partial charge on any atom is -0.412 e. The maximum absolute atomic E-state index is 14.3. The first-order valence-corrected chi connectivity index (χ1v) is 10.3. The molecule has 11 nitrogen and oxygen atoms in total. The fourth-order valence-corrected chi connectivity index (χ4v) is 4.28. The van der Waals surface area contributed by atoms with Crippen LogP contribution in [0.25, 0.3) is 17.0 Å². The van der Waals surface area contributed by atoms with Crippen LogP contribution in [0, 0.1) is 12.7 Å². The molecule has 1 N–H and O–H groups in total. The highest BCUT2D eigenvalue weighted by Crippen LogP contribution is 2.34. The number of hydrogen-bond donors (Lipinski definition) is 1. The molecule has 33 heavy (non-hydrogen) atoms. The molecule has 12 heteroatoms. The van der Waals surface area contributed by atoms with Crippen molar-refractivity contribution < 1.29 is 13.6 Å². The molecule has 166 valence electrons. The summed E-state index contributed by atoms with van der Waals surface area (Å²) >= 11 is 0. The van der Waals surface area contributed by atoms with Crippen LogP contribution >= 0.6 is 0 Å². The Labute approximate surface area is 185 Å². The van der Waals surface area contributed by atoms with Gasteiger partial charge in [0.15, 0.2) is 0 Å². The fraction of sp³-hybridized carbons (Fsp3) is 0.238. The SMILES string of the molecule is Cc1nn(C)cc1-c1nnc(C(=O)N2CCc3[nH]cnc3[C@@H]2c2cc3c(F)cccn3n2)o1. The average molecular weight is 447 g/mol. The van der Waals surface area contributed by atoms with Gasteiger partial charge in [-0.25, -0.2) is 13.9 Å². The molecular weight excluding hydrogens is 429 g/mol. The number of H-pyrrole nitrogens is 1. The first kappa shape index (κ1) is 19.3. The number of nitrogens with zero attached hydrogens (tertiary/aromatic N) is 8. The van der Waals surface area contributed by atoms with Gasteiger partial charge >= 0.3 is 11.8 Å². The zero-order valence-electron chi connectivity index (χ0n) is 17.7. The molecule has 0 aromatic carbocycles. The molecule has 0 bridgehead atoms. The summed E-state index contributed by atoms with van der Waals surface area (Å²) in [7, 11) is 1.79. The lowest BCUT2D eigenvalue weighted by molar-refractivity contribution is 0.0646. The fourth-order valence-electron chi connectivity index (χ4n) is 4.28. The third-order valence-corrected chi connectivity index (χ3v) is 5.79. The number of carbonyl (C=O) groups is 1. The number of rotatable bonds is 3. The van der Waals surface area contributed by atoms with Crippen LogP contribution in [-0.2, 0) is 13.5 Å². The lowest BCUT2D eigenvalue weighted by atomic mass is 9.99. The maximum Gasteiger partial charge on any atom is 0.312 e. The summed E-state index contributed by atoms with van der Waals surface area (Å²) in [6, 6.07) is 3.93. The molecule has 0 aliphatic carbocycles. The maximum atomic E-state index is 14.3. The Morgan fingerprint density at radius 3 is 2.97 bits per heavy atom. The molecule has 0 radical (unpaired) electrons. The van der Waals surface area contributed by atoms with Gasteiger partial charge in [-0.1, -0.05) is 0 Å². The number of aryl methyl sites for hydroxylation is 2. The van der Waals surface area contributed by atoms with Crippen LogP contribution in [0.5, 0.6) is 0 Å². The second kappa shape index (κ2) is 7.08. The van der Waals surface area contributed by atoms with Crippen molar-refractivity contribution in [1.29, 1.82) is 0 Å². The highest BCUT2D eigenvalue weighted by atomic mass is 19.1. The Hall–Kier alpha value is -4.35. The van der Waals surface area contributed by atoms with Crippen molar-refractivity contribution in [3.8, 4) is 11.5 Å². The molecule has 1 aliphatic rings. The zero-order valence-corrected chi connectivity index (χ0v) is 17.7. The molecule has 6 rings (SSSR count). The lowest BCUT2D eigenvalue weighted by Gasteiger charge is -2.32. The number of fused-ring (bicyclic) bond motifs is 2. The van der Waals surface area contributed by atoms with Crippen molar-refractivity contribution in [3.05, 3.63) is 71.4 Å². The Morgan fingerprint density at radius 1 is 1.30 bits per heavy atom. The first-order valence-electron chi connectivity index (χ1n) is 10.3. The Morgan fingerprint density at radius 2 is 2.18 bits per heavy atom. The van der Waals surface area contributed by atoms with Gasteiger partial charge in [-0.05, 0) is 25.1 Å². The summed E-state index contributed by atoms with van der Waals surface area (Å²) < 4.78 is 23.1. The summed E-state index contributed by atoms with van der Waals surface area (Å²) in [6.07, 6.45) is 5.56. The quantitative estimate of drug-likeness (QED) is 0.449. The van der Waals surface area contributed by atoms with Crippen molar-refractivity contribution in [2.75, 3.05) is 6.54 Å². The summed E-state index contributed by atoms with van der Waals surface area (Å²) in [5.74, 6) is -0.785. The highest BCUT2D eigenvalue weighted by Gasteiger charge is 2.38. The molecule has 0 saturated carbocycles. The second-order valence-electron chi connectivity index (χ2n) is 7.89. The predicted octanol–water partition coefficient (Wildman–Crippen LogP) is 2.08. The zero-order chi connectivity index (χ0) is 22.7. The average Bonchev–Trinajstić information content (AvgIpc) is 3.58. The monoisotopic (exact) mass is 447 g/mol. The molecule has 5 aromatic heterocycles. The number of hydrogen-bond acceptors (Lipinski definition) is 7. The molecule has 0 unspecified atom stereocenters. The number of amides is 1. The van der Waals surface area contributed by atoms with Gasteiger partial charge in [0.05, 0.1) is 29.0 Å². The van der Waals surface area contributed by atoms with Gasteiger partial charge in [0, 0.05) is 38.1 Å². The van der Waals surface area contributed by atoms with Crippen LogP contribution in [0.3, 0.4) is 0 Å². The van der Waals surface area contributed by atoms with E-state index in [0.29, 0.717) is 41.1 Å². The highest BCUT2D eigenvalue weighted by molar-refractivity contribution is 5.90. The standard InChI is InChI=1S/C21H18FN9O2/c1-11-12(9-29(2)27-11)19-25-26-20(33-19)21(32)30-7-5-14-17(24-10-23-14)18(30)15-8-16-13(22)4-3-6-31(16)28-15/h3-4,6,8-10,18H,5,7H2,1-2H3,(H,23,24)/t18-/m0/s1. The van der Waals surface area contributed by atoms with Crippen LogP contribution in [-0.4, -0.2) is 56.9 Å². The van der Waals surface area contributed by atoms with Crippen molar-refractivity contribution >= 4 is 11.4 Å². The molecular formula is C21H18FN9O2. The number of imidazole rings is 1. The van der Waals surface area contributed by atoms with E-state index in [0.717, 1.165) is 5.69 Å². The van der Waals surface area contributed by atoms with E-state index in [1.54, 1.807) is 47.5 Å². The van der Waals surface area contributed by atoms with Gasteiger partial charge in [0.2, 0.25) is 0 Å². The molecule has 0 spiro atoms. The normalized spacial score (nSPS) is 15.8. The van der Waals surface area contributed by atoms with Gasteiger partial charge < -0.3 is 14.3 Å². The summed E-state index contributed by atoms with van der Waals surface area (Å²) in [4.78, 5) is 22.6. The van der Waals surface area contributed by atoms with Gasteiger partial charge in [0.1, 0.15) is 17.4 Å². The number of aromatic amines is 1. The lowest BCUT2D eigenvalue weighted by Crippen LogP contribution is -2.41. The number of pyridine rings is 1. The molecule has 1 aliphatic heterocycles.